The average molecular weight is 326 g/mol. The van der Waals surface area contributed by atoms with Gasteiger partial charge in [0.2, 0.25) is 0 Å². The normalized spacial score (nSPS) is 13.7. The molecule has 2 N–H and O–H groups in total. The van der Waals surface area contributed by atoms with E-state index in [9.17, 15) is 9.90 Å². The molecule has 0 aliphatic carbocycles. The van der Waals surface area contributed by atoms with E-state index >= 15 is 0 Å². The molecule has 1 amide bonds. The lowest BCUT2D eigenvalue weighted by Gasteiger charge is -2.17. The van der Waals surface area contributed by atoms with Crippen molar-refractivity contribution < 1.29 is 14.6 Å². The summed E-state index contributed by atoms with van der Waals surface area (Å²) in [5, 5.41) is 12.7. The van der Waals surface area contributed by atoms with Gasteiger partial charge in [0.15, 0.2) is 6.10 Å². The Balaban J connectivity index is 1.94. The van der Waals surface area contributed by atoms with E-state index in [0.29, 0.717) is 9.21 Å². The third kappa shape index (κ3) is 4.28. The highest BCUT2D eigenvalue weighted by Gasteiger charge is 2.21. The molecule has 0 radical (unpaired) electrons. The van der Waals surface area contributed by atoms with Crippen molar-refractivity contribution in [2.75, 3.05) is 13.7 Å². The van der Waals surface area contributed by atoms with Crippen molar-refractivity contribution in [1.29, 1.82) is 0 Å². The number of carbonyl (C=O) groups excluding carboxylic acids is 1. The van der Waals surface area contributed by atoms with E-state index in [0.717, 1.165) is 5.56 Å². The summed E-state index contributed by atoms with van der Waals surface area (Å²) in [6.07, 6.45) is -1.47. The SMILES string of the molecule is CO[C@@H](C(=O)NCC(O)c1ccc(Cl)s1)c1ccccc1. The molecule has 0 aliphatic heterocycles. The lowest BCUT2D eigenvalue weighted by Crippen LogP contribution is -2.33. The number of halogens is 1. The minimum atomic E-state index is -0.778. The maximum Gasteiger partial charge on any atom is 0.253 e. The number of amides is 1. The molecule has 4 nitrogen and oxygen atoms in total. The second-order valence-electron chi connectivity index (χ2n) is 4.43. The maximum atomic E-state index is 12.1. The van der Waals surface area contributed by atoms with Crippen molar-refractivity contribution >= 4 is 28.8 Å². The Morgan fingerprint density at radius 1 is 1.33 bits per heavy atom. The summed E-state index contributed by atoms with van der Waals surface area (Å²) in [6.45, 7) is 0.113. The summed E-state index contributed by atoms with van der Waals surface area (Å²) in [5.74, 6) is -0.287. The van der Waals surface area contributed by atoms with Crippen molar-refractivity contribution in [3.63, 3.8) is 0 Å². The van der Waals surface area contributed by atoms with Gasteiger partial charge >= 0.3 is 0 Å². The number of ether oxygens (including phenoxy) is 1. The number of benzene rings is 1. The highest BCUT2D eigenvalue weighted by atomic mass is 35.5. The smallest absolute Gasteiger partial charge is 0.253 e. The van der Waals surface area contributed by atoms with Crippen LogP contribution in [0.25, 0.3) is 0 Å². The molecule has 0 bridgehead atoms. The third-order valence-corrected chi connectivity index (χ3v) is 4.30. The number of nitrogens with one attached hydrogen (secondary N) is 1. The van der Waals surface area contributed by atoms with Gasteiger partial charge in [-0.05, 0) is 17.7 Å². The van der Waals surface area contributed by atoms with E-state index in [1.165, 1.54) is 18.4 Å². The quantitative estimate of drug-likeness (QED) is 0.858. The second-order valence-corrected chi connectivity index (χ2v) is 6.18. The van der Waals surface area contributed by atoms with Crippen molar-refractivity contribution in [1.82, 2.24) is 5.32 Å². The van der Waals surface area contributed by atoms with Crippen LogP contribution in [-0.2, 0) is 9.53 Å². The molecule has 0 saturated heterocycles. The van der Waals surface area contributed by atoms with Crippen LogP contribution >= 0.6 is 22.9 Å². The molecule has 0 saturated carbocycles. The minimum Gasteiger partial charge on any atom is -0.386 e. The Morgan fingerprint density at radius 3 is 2.62 bits per heavy atom. The Labute approximate surface area is 132 Å². The summed E-state index contributed by atoms with van der Waals surface area (Å²) in [6, 6.07) is 12.7. The fourth-order valence-electron chi connectivity index (χ4n) is 1.92. The van der Waals surface area contributed by atoms with Crippen molar-refractivity contribution in [3.05, 3.63) is 57.2 Å². The van der Waals surface area contributed by atoms with Crippen LogP contribution < -0.4 is 5.32 Å². The lowest BCUT2D eigenvalue weighted by atomic mass is 10.1. The van der Waals surface area contributed by atoms with Crippen molar-refractivity contribution in [3.8, 4) is 0 Å². The zero-order chi connectivity index (χ0) is 15.2. The van der Waals surface area contributed by atoms with E-state index in [2.05, 4.69) is 5.32 Å². The number of thiophene rings is 1. The Kier molecular flexibility index (Phi) is 5.76. The Hall–Kier alpha value is -1.40. The molecule has 1 unspecified atom stereocenters. The van der Waals surface area contributed by atoms with Gasteiger partial charge in [-0.25, -0.2) is 0 Å². The van der Waals surface area contributed by atoms with Crippen molar-refractivity contribution in [2.24, 2.45) is 0 Å². The predicted molar refractivity (Wildman–Crippen MR) is 83.5 cm³/mol. The zero-order valence-corrected chi connectivity index (χ0v) is 13.0. The monoisotopic (exact) mass is 325 g/mol. The van der Waals surface area contributed by atoms with Crippen LogP contribution in [0.1, 0.15) is 22.6 Å². The lowest BCUT2D eigenvalue weighted by molar-refractivity contribution is -0.131. The molecule has 21 heavy (non-hydrogen) atoms. The molecular formula is C15H16ClNO3S. The number of aliphatic hydroxyl groups is 1. The third-order valence-electron chi connectivity index (χ3n) is 2.97. The Morgan fingerprint density at radius 2 is 2.05 bits per heavy atom. The topological polar surface area (TPSA) is 58.6 Å². The number of rotatable bonds is 6. The van der Waals surface area contributed by atoms with Crippen LogP contribution in [0.5, 0.6) is 0 Å². The Bertz CT molecular complexity index is 588. The van der Waals surface area contributed by atoms with Crippen LogP contribution in [0.4, 0.5) is 0 Å². The molecule has 0 fully saturated rings. The van der Waals surface area contributed by atoms with Crippen LogP contribution in [0.3, 0.4) is 0 Å². The first-order valence-corrected chi connectivity index (χ1v) is 7.60. The van der Waals surface area contributed by atoms with Gasteiger partial charge in [-0.2, -0.15) is 0 Å². The van der Waals surface area contributed by atoms with Gasteiger partial charge in [0.25, 0.3) is 5.91 Å². The van der Waals surface area contributed by atoms with E-state index < -0.39 is 12.2 Å². The van der Waals surface area contributed by atoms with Crippen LogP contribution in [-0.4, -0.2) is 24.7 Å². The number of hydrogen-bond donors (Lipinski definition) is 2. The van der Waals surface area contributed by atoms with Gasteiger partial charge in [0.05, 0.1) is 4.34 Å². The van der Waals surface area contributed by atoms with Gasteiger partial charge in [0, 0.05) is 18.5 Å². The summed E-state index contributed by atoms with van der Waals surface area (Å²) in [4.78, 5) is 12.9. The minimum absolute atomic E-state index is 0.113. The number of methoxy groups -OCH3 is 1. The molecular weight excluding hydrogens is 310 g/mol. The first-order chi connectivity index (χ1) is 10.1. The van der Waals surface area contributed by atoms with Crippen molar-refractivity contribution in [2.45, 2.75) is 12.2 Å². The second kappa shape index (κ2) is 7.56. The number of aliphatic hydroxyl groups excluding tert-OH is 1. The van der Waals surface area contributed by atoms with Gasteiger partial charge in [-0.1, -0.05) is 41.9 Å². The molecule has 1 aromatic heterocycles. The van der Waals surface area contributed by atoms with E-state index in [4.69, 9.17) is 16.3 Å². The van der Waals surface area contributed by atoms with Crippen LogP contribution in [0, 0.1) is 0 Å². The molecule has 2 rings (SSSR count). The molecule has 6 heteroatoms. The average Bonchev–Trinajstić information content (AvgIpc) is 2.93. The van der Waals surface area contributed by atoms with E-state index in [1.54, 1.807) is 12.1 Å². The number of carbonyl (C=O) groups is 1. The standard InChI is InChI=1S/C15H16ClNO3S/c1-20-14(10-5-3-2-4-6-10)15(19)17-9-11(18)12-7-8-13(16)21-12/h2-8,11,14,18H,9H2,1H3,(H,17,19)/t11?,14-/m1/s1. The van der Waals surface area contributed by atoms with Gasteiger partial charge in [-0.3, -0.25) is 4.79 Å². The molecule has 2 aromatic rings. The molecule has 2 atom stereocenters. The maximum absolute atomic E-state index is 12.1. The fraction of sp³-hybridized carbons (Fsp3) is 0.267. The molecule has 112 valence electrons. The van der Waals surface area contributed by atoms with Crippen LogP contribution in [0.2, 0.25) is 4.34 Å². The summed E-state index contributed by atoms with van der Waals surface area (Å²) in [7, 11) is 1.48. The summed E-state index contributed by atoms with van der Waals surface area (Å²) >= 11 is 7.11. The summed E-state index contributed by atoms with van der Waals surface area (Å²) in [5.41, 5.74) is 0.770. The van der Waals surface area contributed by atoms with E-state index in [-0.39, 0.29) is 12.5 Å². The highest BCUT2D eigenvalue weighted by Crippen LogP contribution is 2.26. The van der Waals surface area contributed by atoms with E-state index in [1.807, 2.05) is 30.3 Å². The largest absolute Gasteiger partial charge is 0.386 e. The predicted octanol–water partition coefficient (Wildman–Crippen LogP) is 2.94. The van der Waals surface area contributed by atoms with Crippen LogP contribution in [0.15, 0.2) is 42.5 Å². The highest BCUT2D eigenvalue weighted by molar-refractivity contribution is 7.16. The molecule has 0 aliphatic rings. The molecule has 0 spiro atoms. The molecule has 1 aromatic carbocycles. The first-order valence-electron chi connectivity index (χ1n) is 6.40. The number of hydrogen-bond acceptors (Lipinski definition) is 4. The van der Waals surface area contributed by atoms with Gasteiger partial charge in [0.1, 0.15) is 6.10 Å². The zero-order valence-electron chi connectivity index (χ0n) is 11.5. The fourth-order valence-corrected chi connectivity index (χ4v) is 2.97. The first kappa shape index (κ1) is 16.0. The summed E-state index contributed by atoms with van der Waals surface area (Å²) < 4.78 is 5.83. The molecule has 1 heterocycles. The van der Waals surface area contributed by atoms with Gasteiger partial charge < -0.3 is 15.2 Å². The van der Waals surface area contributed by atoms with Gasteiger partial charge in [-0.15, -0.1) is 11.3 Å².